The average Bonchev–Trinajstić information content (AvgIpc) is 2.25. The quantitative estimate of drug-likeness (QED) is 0.819. The number of ether oxygens (including phenoxy) is 1. The van der Waals surface area contributed by atoms with Crippen LogP contribution < -0.4 is 4.74 Å². The molecular weight excluding hydrogens is 254 g/mol. The number of aryl methyl sites for hydroxylation is 1. The molecule has 2 rings (SSSR count). The van der Waals surface area contributed by atoms with Gasteiger partial charge in [-0.3, -0.25) is 0 Å². The Morgan fingerprint density at radius 3 is 2.60 bits per heavy atom. The van der Waals surface area contributed by atoms with Gasteiger partial charge in [0, 0.05) is 12.3 Å². The van der Waals surface area contributed by atoms with Crippen LogP contribution in [0.2, 0.25) is 0 Å². The molecule has 0 aliphatic carbocycles. The van der Waals surface area contributed by atoms with E-state index >= 15 is 0 Å². The van der Waals surface area contributed by atoms with Crippen LogP contribution in [-0.2, 0) is 0 Å². The van der Waals surface area contributed by atoms with Crippen molar-refractivity contribution in [3.8, 4) is 11.6 Å². The Kier molecular flexibility index (Phi) is 3.02. The molecule has 0 radical (unpaired) electrons. The van der Waals surface area contributed by atoms with E-state index in [1.807, 2.05) is 43.3 Å². The number of rotatable bonds is 2. The van der Waals surface area contributed by atoms with E-state index in [-0.39, 0.29) is 0 Å². The van der Waals surface area contributed by atoms with Gasteiger partial charge in [0.25, 0.3) is 0 Å². The van der Waals surface area contributed by atoms with Gasteiger partial charge in [-0.1, -0.05) is 18.2 Å². The van der Waals surface area contributed by atoms with Crippen LogP contribution in [0.3, 0.4) is 0 Å². The van der Waals surface area contributed by atoms with Crippen molar-refractivity contribution in [2.24, 2.45) is 0 Å². The third-order valence-electron chi connectivity index (χ3n) is 1.94. The minimum atomic E-state index is 0.604. The fraction of sp³-hybridized carbons (Fsp3) is 0.0833. The normalized spacial score (nSPS) is 10.0. The van der Waals surface area contributed by atoms with Gasteiger partial charge in [-0.15, -0.1) is 0 Å². The van der Waals surface area contributed by atoms with E-state index in [1.165, 1.54) is 0 Å². The van der Waals surface area contributed by atoms with E-state index in [0.717, 1.165) is 15.8 Å². The number of hydrogen-bond donors (Lipinski definition) is 0. The largest absolute Gasteiger partial charge is 0.438 e. The molecule has 1 heterocycles. The molecule has 2 aromatic rings. The summed E-state index contributed by atoms with van der Waals surface area (Å²) in [6.45, 7) is 2.00. The molecule has 0 saturated carbocycles. The first kappa shape index (κ1) is 10.2. The van der Waals surface area contributed by atoms with Crippen molar-refractivity contribution in [3.05, 3.63) is 52.6 Å². The van der Waals surface area contributed by atoms with Gasteiger partial charge in [0.05, 0.1) is 4.47 Å². The Morgan fingerprint density at radius 2 is 1.93 bits per heavy atom. The lowest BCUT2D eigenvalue weighted by Gasteiger charge is -2.06. The lowest BCUT2D eigenvalue weighted by Crippen LogP contribution is -1.88. The fourth-order valence-corrected chi connectivity index (χ4v) is 1.52. The lowest BCUT2D eigenvalue weighted by molar-refractivity contribution is 0.460. The first-order valence-electron chi connectivity index (χ1n) is 4.61. The molecule has 1 aromatic carbocycles. The monoisotopic (exact) mass is 263 g/mol. The molecule has 0 fully saturated rings. The zero-order chi connectivity index (χ0) is 10.7. The van der Waals surface area contributed by atoms with Gasteiger partial charge in [-0.05, 0) is 40.5 Å². The summed E-state index contributed by atoms with van der Waals surface area (Å²) in [5, 5.41) is 0. The second kappa shape index (κ2) is 4.45. The summed E-state index contributed by atoms with van der Waals surface area (Å²) < 4.78 is 6.53. The molecule has 0 unspecified atom stereocenters. The van der Waals surface area contributed by atoms with Gasteiger partial charge < -0.3 is 4.74 Å². The van der Waals surface area contributed by atoms with E-state index in [9.17, 15) is 0 Å². The number of aromatic nitrogens is 1. The molecule has 0 aliphatic heterocycles. The highest BCUT2D eigenvalue weighted by Crippen LogP contribution is 2.27. The van der Waals surface area contributed by atoms with Gasteiger partial charge >= 0.3 is 0 Å². The number of halogens is 1. The third-order valence-corrected chi connectivity index (χ3v) is 2.59. The minimum Gasteiger partial charge on any atom is -0.438 e. The summed E-state index contributed by atoms with van der Waals surface area (Å²) >= 11 is 3.42. The van der Waals surface area contributed by atoms with Gasteiger partial charge in [0.15, 0.2) is 0 Å². The van der Waals surface area contributed by atoms with Crippen molar-refractivity contribution in [1.29, 1.82) is 0 Å². The molecule has 0 aliphatic rings. The SMILES string of the molecule is Cc1ccc(Oc2ccccc2Br)nc1. The molecule has 0 saturated heterocycles. The topological polar surface area (TPSA) is 22.1 Å². The predicted octanol–water partition coefficient (Wildman–Crippen LogP) is 3.94. The van der Waals surface area contributed by atoms with E-state index < -0.39 is 0 Å². The van der Waals surface area contributed by atoms with E-state index in [4.69, 9.17) is 4.74 Å². The molecule has 76 valence electrons. The van der Waals surface area contributed by atoms with Crippen LogP contribution >= 0.6 is 15.9 Å². The number of benzene rings is 1. The van der Waals surface area contributed by atoms with Crippen LogP contribution in [0.4, 0.5) is 0 Å². The predicted molar refractivity (Wildman–Crippen MR) is 63.2 cm³/mol. The summed E-state index contributed by atoms with van der Waals surface area (Å²) in [4.78, 5) is 4.17. The number of para-hydroxylation sites is 1. The van der Waals surface area contributed by atoms with Gasteiger partial charge in [-0.25, -0.2) is 4.98 Å². The Labute approximate surface area is 97.1 Å². The molecule has 15 heavy (non-hydrogen) atoms. The molecule has 0 spiro atoms. The minimum absolute atomic E-state index is 0.604. The first-order valence-corrected chi connectivity index (χ1v) is 5.40. The maximum absolute atomic E-state index is 5.61. The summed E-state index contributed by atoms with van der Waals surface area (Å²) in [6.07, 6.45) is 1.78. The van der Waals surface area contributed by atoms with Crippen molar-refractivity contribution >= 4 is 15.9 Å². The molecule has 0 bridgehead atoms. The second-order valence-electron chi connectivity index (χ2n) is 3.21. The van der Waals surface area contributed by atoms with Crippen LogP contribution in [0, 0.1) is 6.92 Å². The standard InChI is InChI=1S/C12H10BrNO/c1-9-6-7-12(14-8-9)15-11-5-3-2-4-10(11)13/h2-8H,1H3. The second-order valence-corrected chi connectivity index (χ2v) is 4.06. The average molecular weight is 264 g/mol. The summed E-state index contributed by atoms with van der Waals surface area (Å²) in [7, 11) is 0. The summed E-state index contributed by atoms with van der Waals surface area (Å²) in [6, 6.07) is 11.5. The Morgan fingerprint density at radius 1 is 1.13 bits per heavy atom. The van der Waals surface area contributed by atoms with Crippen molar-refractivity contribution < 1.29 is 4.74 Å². The zero-order valence-electron chi connectivity index (χ0n) is 8.27. The van der Waals surface area contributed by atoms with Gasteiger partial charge in [0.1, 0.15) is 5.75 Å². The maximum Gasteiger partial charge on any atom is 0.219 e. The van der Waals surface area contributed by atoms with E-state index in [2.05, 4.69) is 20.9 Å². The maximum atomic E-state index is 5.61. The van der Waals surface area contributed by atoms with Gasteiger partial charge in [0.2, 0.25) is 5.88 Å². The Hall–Kier alpha value is -1.35. The zero-order valence-corrected chi connectivity index (χ0v) is 9.86. The van der Waals surface area contributed by atoms with Gasteiger partial charge in [-0.2, -0.15) is 0 Å². The summed E-state index contributed by atoms with van der Waals surface area (Å²) in [5.74, 6) is 1.38. The van der Waals surface area contributed by atoms with Crippen molar-refractivity contribution in [1.82, 2.24) is 4.98 Å². The van der Waals surface area contributed by atoms with Crippen LogP contribution in [0.5, 0.6) is 11.6 Å². The number of nitrogens with zero attached hydrogens (tertiary/aromatic N) is 1. The Balaban J connectivity index is 2.22. The molecular formula is C12H10BrNO. The van der Waals surface area contributed by atoms with E-state index in [1.54, 1.807) is 6.20 Å². The molecule has 1 aromatic heterocycles. The molecule has 0 N–H and O–H groups in total. The van der Waals surface area contributed by atoms with Crippen molar-refractivity contribution in [2.45, 2.75) is 6.92 Å². The molecule has 2 nitrogen and oxygen atoms in total. The van der Waals surface area contributed by atoms with Crippen LogP contribution in [0.1, 0.15) is 5.56 Å². The smallest absolute Gasteiger partial charge is 0.219 e. The van der Waals surface area contributed by atoms with Crippen LogP contribution in [0.25, 0.3) is 0 Å². The lowest BCUT2D eigenvalue weighted by atomic mass is 10.3. The van der Waals surface area contributed by atoms with Crippen molar-refractivity contribution in [2.75, 3.05) is 0 Å². The highest BCUT2D eigenvalue weighted by Gasteiger charge is 2.01. The molecule has 0 atom stereocenters. The molecule has 0 amide bonds. The Bertz CT molecular complexity index is 453. The number of hydrogen-bond acceptors (Lipinski definition) is 2. The summed E-state index contributed by atoms with van der Waals surface area (Å²) in [5.41, 5.74) is 1.12. The van der Waals surface area contributed by atoms with Crippen LogP contribution in [-0.4, -0.2) is 4.98 Å². The molecule has 3 heteroatoms. The number of pyridine rings is 1. The first-order chi connectivity index (χ1) is 7.25. The third kappa shape index (κ3) is 2.57. The van der Waals surface area contributed by atoms with Crippen molar-refractivity contribution in [3.63, 3.8) is 0 Å². The van der Waals surface area contributed by atoms with Crippen LogP contribution in [0.15, 0.2) is 47.1 Å². The fourth-order valence-electron chi connectivity index (χ4n) is 1.15. The highest BCUT2D eigenvalue weighted by molar-refractivity contribution is 9.10. The van der Waals surface area contributed by atoms with E-state index in [0.29, 0.717) is 5.88 Å². The highest BCUT2D eigenvalue weighted by atomic mass is 79.9.